The number of halogens is 5. The van der Waals surface area contributed by atoms with Crippen molar-refractivity contribution in [3.8, 4) is 0 Å². The summed E-state index contributed by atoms with van der Waals surface area (Å²) in [6.45, 7) is -0.308. The van der Waals surface area contributed by atoms with E-state index in [1.807, 2.05) is 30.3 Å². The van der Waals surface area contributed by atoms with Crippen LogP contribution in [0.1, 0.15) is 17.5 Å². The molecule has 2 aromatic rings. The molecule has 1 aliphatic carbocycles. The molecule has 2 atom stereocenters. The van der Waals surface area contributed by atoms with E-state index in [9.17, 15) is 22.0 Å². The third-order valence-corrected chi connectivity index (χ3v) is 4.99. The quantitative estimate of drug-likeness (QED) is 0.617. The predicted molar refractivity (Wildman–Crippen MR) is 101 cm³/mol. The Morgan fingerprint density at radius 3 is 2.30 bits per heavy atom. The maximum absolute atomic E-state index is 14.0. The van der Waals surface area contributed by atoms with Crippen molar-refractivity contribution in [3.63, 3.8) is 0 Å². The van der Waals surface area contributed by atoms with Crippen LogP contribution in [0.25, 0.3) is 5.57 Å². The molecule has 2 aliphatic rings. The highest BCUT2D eigenvalue weighted by Crippen LogP contribution is 2.40. The number of nitrogens with zero attached hydrogens (tertiary/aromatic N) is 1. The highest BCUT2D eigenvalue weighted by atomic mass is 19.4. The molecule has 0 amide bonds. The van der Waals surface area contributed by atoms with Crippen molar-refractivity contribution in [2.24, 2.45) is 4.99 Å². The number of aliphatic imine (C=N–C) groups is 1. The second-order valence-corrected chi connectivity index (χ2v) is 6.92. The Kier molecular flexibility index (Phi) is 5.19. The Morgan fingerprint density at radius 1 is 1.00 bits per heavy atom. The van der Waals surface area contributed by atoms with Crippen molar-refractivity contribution in [2.45, 2.75) is 24.4 Å². The Bertz CT molecular complexity index is 1010. The van der Waals surface area contributed by atoms with Crippen molar-refractivity contribution in [2.75, 3.05) is 6.61 Å². The van der Waals surface area contributed by atoms with Crippen molar-refractivity contribution in [1.82, 2.24) is 0 Å². The number of benzene rings is 2. The van der Waals surface area contributed by atoms with Gasteiger partial charge in [-0.3, -0.25) is 4.74 Å². The van der Waals surface area contributed by atoms with Crippen LogP contribution < -0.4 is 0 Å². The Labute approximate surface area is 169 Å². The summed E-state index contributed by atoms with van der Waals surface area (Å²) in [5, 5.41) is 0. The number of allylic oxidation sites excluding steroid dienone is 2. The number of hydrogen-bond donors (Lipinski definition) is 0. The number of rotatable bonds is 4. The summed E-state index contributed by atoms with van der Waals surface area (Å²) in [6.07, 6.45) is -0.636. The van der Waals surface area contributed by atoms with Crippen LogP contribution in [0.4, 0.5) is 22.0 Å². The van der Waals surface area contributed by atoms with E-state index in [1.54, 1.807) is 6.08 Å². The fraction of sp³-hybridized carbons (Fsp3) is 0.227. The molecule has 0 saturated carbocycles. The average molecular weight is 421 g/mol. The summed E-state index contributed by atoms with van der Waals surface area (Å²) >= 11 is 0. The highest BCUT2D eigenvalue weighted by molar-refractivity contribution is 5.95. The zero-order valence-corrected chi connectivity index (χ0v) is 15.5. The standard InChI is InChI=1S/C22H16F5NO2/c23-16-7-4-8-17(24)19(16)20-28-18(13-29-20)21(30-22(25,26)27)11-9-15(10-12-21)14-5-2-1-3-6-14/h1-11,18H,12-13H2. The lowest BCUT2D eigenvalue weighted by Crippen LogP contribution is -2.47. The highest BCUT2D eigenvalue weighted by Gasteiger charge is 2.50. The Hall–Kier alpha value is -3.00. The molecular formula is C22H16F5NO2. The van der Waals surface area contributed by atoms with Gasteiger partial charge in [0.1, 0.15) is 35.4 Å². The SMILES string of the molecule is Fc1cccc(F)c1C1=NC(C2(OC(F)(F)F)C=CC(c3ccccc3)=CC2)CO1. The average Bonchev–Trinajstić information content (AvgIpc) is 3.18. The van der Waals surface area contributed by atoms with Gasteiger partial charge in [-0.25, -0.2) is 13.8 Å². The van der Waals surface area contributed by atoms with Gasteiger partial charge in [-0.1, -0.05) is 48.6 Å². The Morgan fingerprint density at radius 2 is 1.70 bits per heavy atom. The molecule has 4 rings (SSSR count). The van der Waals surface area contributed by atoms with Gasteiger partial charge >= 0.3 is 6.36 Å². The van der Waals surface area contributed by atoms with Gasteiger partial charge in [0, 0.05) is 6.42 Å². The van der Waals surface area contributed by atoms with Crippen molar-refractivity contribution in [1.29, 1.82) is 0 Å². The largest absolute Gasteiger partial charge is 0.523 e. The van der Waals surface area contributed by atoms with Crippen molar-refractivity contribution < 1.29 is 31.4 Å². The van der Waals surface area contributed by atoms with Crippen LogP contribution in [0, 0.1) is 11.6 Å². The summed E-state index contributed by atoms with van der Waals surface area (Å²) in [6, 6.07) is 11.2. The van der Waals surface area contributed by atoms with Gasteiger partial charge in [-0.05, 0) is 29.3 Å². The van der Waals surface area contributed by atoms with E-state index in [0.717, 1.165) is 23.3 Å². The smallest absolute Gasteiger partial charge is 0.475 e. The number of ether oxygens (including phenoxy) is 2. The second kappa shape index (κ2) is 7.68. The van der Waals surface area contributed by atoms with E-state index in [4.69, 9.17) is 4.74 Å². The third kappa shape index (κ3) is 4.00. The fourth-order valence-electron chi connectivity index (χ4n) is 3.55. The minimum absolute atomic E-state index is 0.141. The number of hydrogen-bond acceptors (Lipinski definition) is 3. The lowest BCUT2D eigenvalue weighted by Gasteiger charge is -2.35. The molecule has 2 unspecified atom stereocenters. The van der Waals surface area contributed by atoms with Gasteiger partial charge in [0.25, 0.3) is 0 Å². The summed E-state index contributed by atoms with van der Waals surface area (Å²) < 4.78 is 77.5. The molecule has 1 heterocycles. The van der Waals surface area contributed by atoms with Crippen LogP contribution >= 0.6 is 0 Å². The molecule has 0 radical (unpaired) electrons. The molecule has 0 bridgehead atoms. The monoisotopic (exact) mass is 421 g/mol. The van der Waals surface area contributed by atoms with Crippen LogP contribution in [0.5, 0.6) is 0 Å². The van der Waals surface area contributed by atoms with E-state index in [0.29, 0.717) is 0 Å². The fourth-order valence-corrected chi connectivity index (χ4v) is 3.55. The number of alkyl halides is 3. The van der Waals surface area contributed by atoms with Gasteiger partial charge < -0.3 is 4.74 Å². The van der Waals surface area contributed by atoms with Gasteiger partial charge in [-0.15, -0.1) is 13.2 Å². The van der Waals surface area contributed by atoms with Gasteiger partial charge in [0.05, 0.1) is 0 Å². The van der Waals surface area contributed by atoms with Crippen LogP contribution in [-0.4, -0.2) is 30.5 Å². The molecule has 30 heavy (non-hydrogen) atoms. The first kappa shape index (κ1) is 20.3. The first-order chi connectivity index (χ1) is 14.3. The topological polar surface area (TPSA) is 30.8 Å². The maximum atomic E-state index is 14.0. The molecule has 0 saturated heterocycles. The van der Waals surface area contributed by atoms with Crippen LogP contribution in [-0.2, 0) is 9.47 Å². The maximum Gasteiger partial charge on any atom is 0.523 e. The van der Waals surface area contributed by atoms with E-state index in [2.05, 4.69) is 9.73 Å². The molecule has 1 aliphatic heterocycles. The molecular weight excluding hydrogens is 405 g/mol. The van der Waals surface area contributed by atoms with Crippen LogP contribution in [0.15, 0.2) is 71.8 Å². The van der Waals surface area contributed by atoms with E-state index >= 15 is 0 Å². The third-order valence-electron chi connectivity index (χ3n) is 4.99. The summed E-state index contributed by atoms with van der Waals surface area (Å²) in [7, 11) is 0. The summed E-state index contributed by atoms with van der Waals surface area (Å²) in [5.74, 6) is -2.21. The molecule has 2 aromatic carbocycles. The molecule has 3 nitrogen and oxygen atoms in total. The lowest BCUT2D eigenvalue weighted by atomic mass is 9.84. The molecule has 8 heteroatoms. The Balaban J connectivity index is 1.67. The van der Waals surface area contributed by atoms with Gasteiger partial charge in [-0.2, -0.15) is 0 Å². The van der Waals surface area contributed by atoms with Crippen molar-refractivity contribution >= 4 is 11.5 Å². The zero-order valence-electron chi connectivity index (χ0n) is 15.5. The molecule has 0 fully saturated rings. The minimum atomic E-state index is -4.94. The normalized spacial score (nSPS) is 23.7. The molecule has 0 aromatic heterocycles. The first-order valence-corrected chi connectivity index (χ1v) is 9.14. The van der Waals surface area contributed by atoms with Crippen LogP contribution in [0.2, 0.25) is 0 Å². The molecule has 156 valence electrons. The van der Waals surface area contributed by atoms with E-state index in [1.165, 1.54) is 18.2 Å². The minimum Gasteiger partial charge on any atom is -0.475 e. The van der Waals surface area contributed by atoms with E-state index in [-0.39, 0.29) is 18.9 Å². The van der Waals surface area contributed by atoms with E-state index < -0.39 is 35.2 Å². The van der Waals surface area contributed by atoms with Gasteiger partial charge in [0.2, 0.25) is 5.90 Å². The predicted octanol–water partition coefficient (Wildman–Crippen LogP) is 5.43. The molecule has 0 spiro atoms. The second-order valence-electron chi connectivity index (χ2n) is 6.92. The summed E-state index contributed by atoms with van der Waals surface area (Å²) in [4.78, 5) is 4.07. The van der Waals surface area contributed by atoms with Crippen molar-refractivity contribution in [3.05, 3.63) is 89.5 Å². The lowest BCUT2D eigenvalue weighted by molar-refractivity contribution is -0.360. The van der Waals surface area contributed by atoms with Gasteiger partial charge in [0.15, 0.2) is 0 Å². The van der Waals surface area contributed by atoms with Crippen LogP contribution in [0.3, 0.4) is 0 Å². The molecule has 0 N–H and O–H groups in total. The first-order valence-electron chi connectivity index (χ1n) is 9.14. The summed E-state index contributed by atoms with van der Waals surface area (Å²) in [5.41, 5.74) is -0.822. The zero-order chi connectivity index (χ0) is 21.4.